The quantitative estimate of drug-likeness (QED) is 0.865. The summed E-state index contributed by atoms with van der Waals surface area (Å²) in [6.45, 7) is 3.48. The Morgan fingerprint density at radius 1 is 1.09 bits per heavy atom. The Kier molecular flexibility index (Phi) is 5.71. The first-order chi connectivity index (χ1) is 11.2. The predicted molar refractivity (Wildman–Crippen MR) is 92.1 cm³/mol. The van der Waals surface area contributed by atoms with Crippen molar-refractivity contribution in [3.05, 3.63) is 35.6 Å². The second kappa shape index (κ2) is 7.76. The molecule has 2 atom stereocenters. The number of benzene rings is 1. The SMILES string of the molecule is O[C@@]1(CCCN2CCCCC2)CCCC[C@H]1c1ccccc1F. The van der Waals surface area contributed by atoms with E-state index in [9.17, 15) is 9.50 Å². The minimum Gasteiger partial charge on any atom is -0.389 e. The summed E-state index contributed by atoms with van der Waals surface area (Å²) in [5.74, 6) is -0.201. The number of likely N-dealkylation sites (tertiary alicyclic amines) is 1. The summed E-state index contributed by atoms with van der Waals surface area (Å²) in [4.78, 5) is 2.52. The van der Waals surface area contributed by atoms with Crippen molar-refractivity contribution in [2.75, 3.05) is 19.6 Å². The normalized spacial score (nSPS) is 29.6. The molecule has 1 heterocycles. The van der Waals surface area contributed by atoms with Gasteiger partial charge in [0, 0.05) is 5.92 Å². The number of hydrogen-bond acceptors (Lipinski definition) is 2. The monoisotopic (exact) mass is 319 g/mol. The van der Waals surface area contributed by atoms with Gasteiger partial charge in [-0.05, 0) is 69.8 Å². The molecule has 1 aromatic rings. The highest BCUT2D eigenvalue weighted by Gasteiger charge is 2.40. The van der Waals surface area contributed by atoms with Crippen LogP contribution in [0.25, 0.3) is 0 Å². The molecule has 1 N–H and O–H groups in total. The first-order valence-electron chi connectivity index (χ1n) is 9.38. The number of nitrogens with zero attached hydrogens (tertiary/aromatic N) is 1. The molecule has 0 amide bonds. The maximum Gasteiger partial charge on any atom is 0.126 e. The standard InChI is InChI=1S/C20H30FNO/c21-19-11-3-2-9-17(19)18-10-4-5-12-20(18,23)13-8-16-22-14-6-1-7-15-22/h2-3,9,11,18,23H,1,4-8,10,12-16H2/t18-,20+/m0/s1. The molecule has 3 rings (SSSR count). The van der Waals surface area contributed by atoms with Gasteiger partial charge in [-0.2, -0.15) is 0 Å². The van der Waals surface area contributed by atoms with E-state index in [1.807, 2.05) is 12.1 Å². The first-order valence-corrected chi connectivity index (χ1v) is 9.38. The van der Waals surface area contributed by atoms with E-state index in [0.29, 0.717) is 5.56 Å². The Hall–Kier alpha value is -0.930. The van der Waals surface area contributed by atoms with Crippen LogP contribution in [-0.4, -0.2) is 35.2 Å². The molecule has 1 saturated heterocycles. The number of halogens is 1. The highest BCUT2D eigenvalue weighted by Crippen LogP contribution is 2.44. The van der Waals surface area contributed by atoms with Crippen molar-refractivity contribution in [2.24, 2.45) is 0 Å². The van der Waals surface area contributed by atoms with E-state index in [0.717, 1.165) is 45.1 Å². The number of rotatable bonds is 5. The topological polar surface area (TPSA) is 23.5 Å². The first kappa shape index (κ1) is 16.9. The average molecular weight is 319 g/mol. The Morgan fingerprint density at radius 2 is 1.87 bits per heavy atom. The van der Waals surface area contributed by atoms with Crippen molar-refractivity contribution >= 4 is 0 Å². The minimum absolute atomic E-state index is 0.0428. The van der Waals surface area contributed by atoms with Crippen molar-refractivity contribution in [1.29, 1.82) is 0 Å². The maximum atomic E-state index is 14.2. The van der Waals surface area contributed by atoms with Gasteiger partial charge in [-0.25, -0.2) is 4.39 Å². The lowest BCUT2D eigenvalue weighted by Gasteiger charge is -2.41. The Bertz CT molecular complexity index is 500. The van der Waals surface area contributed by atoms with Crippen LogP contribution in [0.5, 0.6) is 0 Å². The summed E-state index contributed by atoms with van der Waals surface area (Å²) in [5.41, 5.74) is -0.0105. The second-order valence-corrected chi connectivity index (χ2v) is 7.43. The zero-order valence-electron chi connectivity index (χ0n) is 14.1. The lowest BCUT2D eigenvalue weighted by molar-refractivity contribution is -0.0287. The third kappa shape index (κ3) is 4.13. The van der Waals surface area contributed by atoms with E-state index in [-0.39, 0.29) is 11.7 Å². The largest absolute Gasteiger partial charge is 0.389 e. The van der Waals surface area contributed by atoms with Gasteiger partial charge in [0.15, 0.2) is 0 Å². The molecule has 0 spiro atoms. The van der Waals surface area contributed by atoms with Gasteiger partial charge in [-0.1, -0.05) is 37.5 Å². The molecule has 1 aliphatic carbocycles. The summed E-state index contributed by atoms with van der Waals surface area (Å²) < 4.78 is 14.2. The number of piperidine rings is 1. The number of hydrogen-bond donors (Lipinski definition) is 1. The molecule has 0 unspecified atom stereocenters. The van der Waals surface area contributed by atoms with Crippen molar-refractivity contribution < 1.29 is 9.50 Å². The molecule has 1 aliphatic heterocycles. The lowest BCUT2D eigenvalue weighted by atomic mass is 9.70. The summed E-state index contributed by atoms with van der Waals surface area (Å²) >= 11 is 0. The second-order valence-electron chi connectivity index (χ2n) is 7.43. The van der Waals surface area contributed by atoms with Gasteiger partial charge in [-0.15, -0.1) is 0 Å². The molecule has 3 heteroatoms. The van der Waals surface area contributed by atoms with E-state index >= 15 is 0 Å². The minimum atomic E-state index is -0.726. The van der Waals surface area contributed by atoms with E-state index in [4.69, 9.17) is 0 Å². The van der Waals surface area contributed by atoms with Crippen LogP contribution in [0.1, 0.15) is 69.3 Å². The van der Waals surface area contributed by atoms with E-state index in [1.54, 1.807) is 6.07 Å². The van der Waals surface area contributed by atoms with Crippen LogP contribution in [0.2, 0.25) is 0 Å². The van der Waals surface area contributed by atoms with Gasteiger partial charge in [0.05, 0.1) is 5.60 Å². The molecule has 1 saturated carbocycles. The van der Waals surface area contributed by atoms with Crippen molar-refractivity contribution in [3.63, 3.8) is 0 Å². The van der Waals surface area contributed by atoms with Crippen LogP contribution < -0.4 is 0 Å². The maximum absolute atomic E-state index is 14.2. The highest BCUT2D eigenvalue weighted by molar-refractivity contribution is 5.25. The summed E-state index contributed by atoms with van der Waals surface area (Å²) in [6, 6.07) is 7.01. The lowest BCUT2D eigenvalue weighted by Crippen LogP contribution is -2.40. The molecular weight excluding hydrogens is 289 g/mol. The third-order valence-electron chi connectivity index (χ3n) is 5.81. The molecule has 23 heavy (non-hydrogen) atoms. The molecule has 0 radical (unpaired) electrons. The van der Waals surface area contributed by atoms with Crippen LogP contribution in [-0.2, 0) is 0 Å². The summed E-state index contributed by atoms with van der Waals surface area (Å²) in [6.07, 6.45) is 9.65. The molecule has 128 valence electrons. The molecule has 0 aromatic heterocycles. The van der Waals surface area contributed by atoms with E-state index < -0.39 is 5.60 Å². The average Bonchev–Trinajstić information content (AvgIpc) is 2.57. The third-order valence-corrected chi connectivity index (χ3v) is 5.81. The zero-order valence-corrected chi connectivity index (χ0v) is 14.1. The van der Waals surface area contributed by atoms with Gasteiger partial charge in [0.1, 0.15) is 5.82 Å². The van der Waals surface area contributed by atoms with Gasteiger partial charge < -0.3 is 10.0 Å². The van der Waals surface area contributed by atoms with Gasteiger partial charge in [0.25, 0.3) is 0 Å². The van der Waals surface area contributed by atoms with Gasteiger partial charge >= 0.3 is 0 Å². The van der Waals surface area contributed by atoms with Crippen LogP contribution in [0.3, 0.4) is 0 Å². The highest BCUT2D eigenvalue weighted by atomic mass is 19.1. The van der Waals surface area contributed by atoms with E-state index in [1.165, 1.54) is 38.4 Å². The summed E-state index contributed by atoms with van der Waals surface area (Å²) in [7, 11) is 0. The van der Waals surface area contributed by atoms with Gasteiger partial charge in [0.2, 0.25) is 0 Å². The molecule has 2 fully saturated rings. The Morgan fingerprint density at radius 3 is 2.65 bits per heavy atom. The van der Waals surface area contributed by atoms with Crippen LogP contribution in [0.15, 0.2) is 24.3 Å². The van der Waals surface area contributed by atoms with Crippen molar-refractivity contribution in [3.8, 4) is 0 Å². The predicted octanol–water partition coefficient (Wildman–Crippen LogP) is 4.48. The zero-order chi connectivity index (χ0) is 16.1. The molecule has 1 aromatic carbocycles. The van der Waals surface area contributed by atoms with Crippen LogP contribution >= 0.6 is 0 Å². The van der Waals surface area contributed by atoms with E-state index in [2.05, 4.69) is 4.90 Å². The summed E-state index contributed by atoms with van der Waals surface area (Å²) in [5, 5.41) is 11.3. The molecule has 2 aliphatic rings. The van der Waals surface area contributed by atoms with Crippen molar-refractivity contribution in [2.45, 2.75) is 69.3 Å². The Labute approximate surface area is 139 Å². The van der Waals surface area contributed by atoms with Crippen molar-refractivity contribution in [1.82, 2.24) is 4.90 Å². The van der Waals surface area contributed by atoms with Gasteiger partial charge in [-0.3, -0.25) is 0 Å². The fourth-order valence-electron chi connectivity index (χ4n) is 4.52. The van der Waals surface area contributed by atoms with Crippen LogP contribution in [0, 0.1) is 5.82 Å². The Balaban J connectivity index is 1.63. The smallest absolute Gasteiger partial charge is 0.126 e. The number of aliphatic hydroxyl groups is 1. The molecule has 0 bridgehead atoms. The fraction of sp³-hybridized carbons (Fsp3) is 0.700. The van der Waals surface area contributed by atoms with Crippen LogP contribution in [0.4, 0.5) is 4.39 Å². The fourth-order valence-corrected chi connectivity index (χ4v) is 4.52. The molecular formula is C20H30FNO. The molecule has 2 nitrogen and oxygen atoms in total.